The third-order valence-corrected chi connectivity index (χ3v) is 2.57. The Balaban J connectivity index is 2.07. The average molecular weight is 198 g/mol. The fraction of sp³-hybridized carbons (Fsp3) is 0.700. The molecule has 4 nitrogen and oxygen atoms in total. The minimum absolute atomic E-state index is 0.0959. The first kappa shape index (κ1) is 11.0. The summed E-state index contributed by atoms with van der Waals surface area (Å²) in [6.45, 7) is 5.13. The highest BCUT2D eigenvalue weighted by Gasteiger charge is 2.48. The summed E-state index contributed by atoms with van der Waals surface area (Å²) in [5, 5.41) is 2.86. The zero-order valence-corrected chi connectivity index (χ0v) is 8.42. The summed E-state index contributed by atoms with van der Waals surface area (Å²) in [5.41, 5.74) is 5.29. The standard InChI is InChI=1S/C10H18N2O2/c1-2-14-7-3-6-12-9(13)10(8-11)4-5-10/h2H,1,3-8,11H2,(H,12,13). The van der Waals surface area contributed by atoms with Crippen molar-refractivity contribution >= 4 is 5.91 Å². The molecule has 0 aromatic rings. The number of nitrogens with two attached hydrogens (primary N) is 1. The lowest BCUT2D eigenvalue weighted by atomic mass is 10.1. The van der Waals surface area contributed by atoms with Crippen LogP contribution in [-0.4, -0.2) is 25.6 Å². The molecule has 1 aliphatic carbocycles. The number of nitrogens with one attached hydrogen (secondary N) is 1. The second-order valence-electron chi connectivity index (χ2n) is 3.63. The molecule has 0 spiro atoms. The molecule has 1 fully saturated rings. The molecule has 0 unspecified atom stereocenters. The van der Waals surface area contributed by atoms with Crippen LogP contribution in [0.1, 0.15) is 19.3 Å². The van der Waals surface area contributed by atoms with Crippen LogP contribution < -0.4 is 11.1 Å². The minimum atomic E-state index is -0.237. The molecule has 1 rings (SSSR count). The van der Waals surface area contributed by atoms with Gasteiger partial charge in [-0.25, -0.2) is 0 Å². The Hall–Kier alpha value is -1.03. The lowest BCUT2D eigenvalue weighted by molar-refractivity contribution is -0.126. The van der Waals surface area contributed by atoms with Crippen LogP contribution in [0.15, 0.2) is 12.8 Å². The van der Waals surface area contributed by atoms with Gasteiger partial charge in [0, 0.05) is 13.1 Å². The normalized spacial score (nSPS) is 17.2. The molecular weight excluding hydrogens is 180 g/mol. The van der Waals surface area contributed by atoms with Crippen LogP contribution in [0.25, 0.3) is 0 Å². The van der Waals surface area contributed by atoms with Crippen LogP contribution in [0.3, 0.4) is 0 Å². The third kappa shape index (κ3) is 2.73. The van der Waals surface area contributed by atoms with E-state index in [1.54, 1.807) is 0 Å². The Bertz CT molecular complexity index is 212. The van der Waals surface area contributed by atoms with Gasteiger partial charge in [-0.3, -0.25) is 4.79 Å². The molecule has 1 saturated carbocycles. The van der Waals surface area contributed by atoms with Gasteiger partial charge >= 0.3 is 0 Å². The number of hydrogen-bond donors (Lipinski definition) is 2. The third-order valence-electron chi connectivity index (χ3n) is 2.57. The van der Waals surface area contributed by atoms with Gasteiger partial charge < -0.3 is 15.8 Å². The summed E-state index contributed by atoms with van der Waals surface area (Å²) in [7, 11) is 0. The van der Waals surface area contributed by atoms with E-state index in [1.165, 1.54) is 6.26 Å². The first-order valence-corrected chi connectivity index (χ1v) is 4.96. The summed E-state index contributed by atoms with van der Waals surface area (Å²) in [5.74, 6) is 0.0959. The van der Waals surface area contributed by atoms with E-state index in [2.05, 4.69) is 11.9 Å². The van der Waals surface area contributed by atoms with Crippen molar-refractivity contribution in [1.29, 1.82) is 0 Å². The van der Waals surface area contributed by atoms with E-state index in [-0.39, 0.29) is 11.3 Å². The SMILES string of the molecule is C=COCCCNC(=O)C1(CN)CC1. The Kier molecular flexibility index (Phi) is 3.95. The highest BCUT2D eigenvalue weighted by molar-refractivity contribution is 5.85. The van der Waals surface area contributed by atoms with Crippen LogP contribution in [0.4, 0.5) is 0 Å². The van der Waals surface area contributed by atoms with Gasteiger partial charge in [0.1, 0.15) is 0 Å². The molecule has 0 saturated heterocycles. The van der Waals surface area contributed by atoms with E-state index >= 15 is 0 Å². The number of carbonyl (C=O) groups excluding carboxylic acids is 1. The smallest absolute Gasteiger partial charge is 0.227 e. The van der Waals surface area contributed by atoms with Gasteiger partial charge in [0.25, 0.3) is 0 Å². The van der Waals surface area contributed by atoms with Crippen LogP contribution in [0.2, 0.25) is 0 Å². The molecule has 0 aromatic carbocycles. The highest BCUT2D eigenvalue weighted by Crippen LogP contribution is 2.44. The predicted molar refractivity (Wildman–Crippen MR) is 54.5 cm³/mol. The maximum atomic E-state index is 11.5. The predicted octanol–water partition coefficient (Wildman–Crippen LogP) is 0.392. The van der Waals surface area contributed by atoms with Crippen molar-refractivity contribution in [3.63, 3.8) is 0 Å². The van der Waals surface area contributed by atoms with Crippen LogP contribution in [0, 0.1) is 5.41 Å². The molecule has 0 heterocycles. The molecule has 1 aliphatic rings. The second kappa shape index (κ2) is 5.00. The van der Waals surface area contributed by atoms with Crippen molar-refractivity contribution in [1.82, 2.24) is 5.32 Å². The van der Waals surface area contributed by atoms with E-state index < -0.39 is 0 Å². The topological polar surface area (TPSA) is 64.3 Å². The van der Waals surface area contributed by atoms with Crippen molar-refractivity contribution in [2.45, 2.75) is 19.3 Å². The van der Waals surface area contributed by atoms with Crippen LogP contribution >= 0.6 is 0 Å². The maximum absolute atomic E-state index is 11.5. The van der Waals surface area contributed by atoms with Gasteiger partial charge in [-0.2, -0.15) is 0 Å². The first-order valence-electron chi connectivity index (χ1n) is 4.96. The molecule has 0 bridgehead atoms. The Morgan fingerprint density at radius 3 is 2.86 bits per heavy atom. The monoisotopic (exact) mass is 198 g/mol. The summed E-state index contributed by atoms with van der Waals surface area (Å²) in [6, 6.07) is 0. The molecule has 1 amide bonds. The molecule has 4 heteroatoms. The van der Waals surface area contributed by atoms with E-state index in [1.807, 2.05) is 0 Å². The van der Waals surface area contributed by atoms with Crippen molar-refractivity contribution in [2.75, 3.05) is 19.7 Å². The zero-order chi connectivity index (χ0) is 10.4. The van der Waals surface area contributed by atoms with Crippen LogP contribution in [-0.2, 0) is 9.53 Å². The number of hydrogen-bond acceptors (Lipinski definition) is 3. The number of amides is 1. The minimum Gasteiger partial charge on any atom is -0.502 e. The second-order valence-corrected chi connectivity index (χ2v) is 3.63. The summed E-state index contributed by atoms with van der Waals surface area (Å²) < 4.78 is 4.93. The van der Waals surface area contributed by atoms with E-state index in [0.29, 0.717) is 19.7 Å². The largest absolute Gasteiger partial charge is 0.502 e. The molecule has 0 aromatic heterocycles. The molecule has 3 N–H and O–H groups in total. The van der Waals surface area contributed by atoms with Gasteiger partial charge in [-0.05, 0) is 19.3 Å². The van der Waals surface area contributed by atoms with E-state index in [0.717, 1.165) is 19.3 Å². The van der Waals surface area contributed by atoms with Crippen molar-refractivity contribution in [2.24, 2.45) is 11.1 Å². The fourth-order valence-corrected chi connectivity index (χ4v) is 1.30. The van der Waals surface area contributed by atoms with Crippen molar-refractivity contribution in [3.8, 4) is 0 Å². The number of ether oxygens (including phenoxy) is 1. The van der Waals surface area contributed by atoms with E-state index in [9.17, 15) is 4.79 Å². The summed E-state index contributed by atoms with van der Waals surface area (Å²) >= 11 is 0. The highest BCUT2D eigenvalue weighted by atomic mass is 16.5. The average Bonchev–Trinajstić information content (AvgIpc) is 2.98. The molecule has 80 valence electrons. The quantitative estimate of drug-likeness (QED) is 0.459. The Morgan fingerprint density at radius 1 is 1.64 bits per heavy atom. The van der Waals surface area contributed by atoms with Crippen molar-refractivity contribution < 1.29 is 9.53 Å². The van der Waals surface area contributed by atoms with E-state index in [4.69, 9.17) is 10.5 Å². The van der Waals surface area contributed by atoms with Gasteiger partial charge in [0.15, 0.2) is 0 Å². The van der Waals surface area contributed by atoms with Gasteiger partial charge in [0.05, 0.1) is 18.3 Å². The Morgan fingerprint density at radius 2 is 2.36 bits per heavy atom. The number of rotatable bonds is 7. The summed E-state index contributed by atoms with van der Waals surface area (Å²) in [6.07, 6.45) is 4.07. The fourth-order valence-electron chi connectivity index (χ4n) is 1.30. The van der Waals surface area contributed by atoms with Crippen molar-refractivity contribution in [3.05, 3.63) is 12.8 Å². The maximum Gasteiger partial charge on any atom is 0.227 e. The molecule has 0 aliphatic heterocycles. The molecular formula is C10H18N2O2. The van der Waals surface area contributed by atoms with Gasteiger partial charge in [-0.1, -0.05) is 6.58 Å². The zero-order valence-electron chi connectivity index (χ0n) is 8.42. The van der Waals surface area contributed by atoms with Gasteiger partial charge in [-0.15, -0.1) is 0 Å². The first-order chi connectivity index (χ1) is 6.75. The number of carbonyl (C=O) groups is 1. The summed E-state index contributed by atoms with van der Waals surface area (Å²) in [4.78, 5) is 11.5. The molecule has 0 atom stereocenters. The molecule has 14 heavy (non-hydrogen) atoms. The lowest BCUT2D eigenvalue weighted by Crippen LogP contribution is -2.37. The Labute approximate surface area is 84.5 Å². The van der Waals surface area contributed by atoms with Gasteiger partial charge in [0.2, 0.25) is 5.91 Å². The van der Waals surface area contributed by atoms with Crippen LogP contribution in [0.5, 0.6) is 0 Å². The molecule has 0 radical (unpaired) electrons. The lowest BCUT2D eigenvalue weighted by Gasteiger charge is -2.12.